The fraction of sp³-hybridized carbons (Fsp3) is 0.333. The molecule has 1 aromatic heterocycles. The first-order valence-corrected chi connectivity index (χ1v) is 5.55. The molecule has 0 saturated heterocycles. The first-order valence-electron chi connectivity index (χ1n) is 4.68. The van der Waals surface area contributed by atoms with E-state index in [1.807, 2.05) is 18.4 Å². The third-order valence-corrected chi connectivity index (χ3v) is 2.76. The van der Waals surface area contributed by atoms with Crippen molar-refractivity contribution in [3.8, 4) is 0 Å². The topological polar surface area (TPSA) is 74.8 Å². The number of hydrogen-bond donors (Lipinski definition) is 3. The molecule has 0 saturated carbocycles. The van der Waals surface area contributed by atoms with Crippen LogP contribution in [-0.4, -0.2) is 18.1 Å². The molecule has 80 valence electrons. The van der Waals surface area contributed by atoms with E-state index in [-0.39, 0.29) is 6.17 Å². The van der Waals surface area contributed by atoms with Crippen molar-refractivity contribution in [2.45, 2.75) is 19.6 Å². The van der Waals surface area contributed by atoms with Crippen LogP contribution in [-0.2, 0) is 6.54 Å². The number of aliphatic imine (C=N–C) groups is 2. The minimum atomic E-state index is -0.0201. The van der Waals surface area contributed by atoms with E-state index < -0.39 is 0 Å². The van der Waals surface area contributed by atoms with Crippen molar-refractivity contribution in [1.82, 2.24) is 10.6 Å². The molecule has 5 nitrogen and oxygen atoms in total. The number of rotatable bonds is 2. The van der Waals surface area contributed by atoms with Gasteiger partial charge in [-0.25, -0.2) is 9.98 Å². The number of thiophene rings is 1. The van der Waals surface area contributed by atoms with Crippen LogP contribution in [0, 0.1) is 0 Å². The van der Waals surface area contributed by atoms with E-state index in [0.29, 0.717) is 18.5 Å². The molecule has 0 amide bonds. The zero-order valence-electron chi connectivity index (χ0n) is 8.40. The molecule has 15 heavy (non-hydrogen) atoms. The molecule has 0 bridgehead atoms. The van der Waals surface area contributed by atoms with Gasteiger partial charge >= 0.3 is 0 Å². The van der Waals surface area contributed by atoms with E-state index in [9.17, 15) is 0 Å². The van der Waals surface area contributed by atoms with Crippen molar-refractivity contribution in [3.63, 3.8) is 0 Å². The second-order valence-electron chi connectivity index (χ2n) is 3.20. The number of hydrogen-bond acceptors (Lipinski definition) is 4. The Hall–Kier alpha value is -1.56. The third kappa shape index (κ3) is 2.69. The van der Waals surface area contributed by atoms with Crippen molar-refractivity contribution < 1.29 is 0 Å². The Bertz CT molecular complexity index is 381. The lowest BCUT2D eigenvalue weighted by molar-refractivity contribution is 0.664. The van der Waals surface area contributed by atoms with Gasteiger partial charge in [-0.3, -0.25) is 5.32 Å². The molecule has 1 aliphatic heterocycles. The summed E-state index contributed by atoms with van der Waals surface area (Å²) in [5.74, 6) is 1.09. The van der Waals surface area contributed by atoms with Gasteiger partial charge in [0.1, 0.15) is 6.17 Å². The summed E-state index contributed by atoms with van der Waals surface area (Å²) in [6, 6.07) is 4.07. The third-order valence-electron chi connectivity index (χ3n) is 1.90. The molecule has 0 aliphatic carbocycles. The lowest BCUT2D eigenvalue weighted by atomic mass is 10.5. The van der Waals surface area contributed by atoms with Crippen LogP contribution >= 0.6 is 11.3 Å². The summed E-state index contributed by atoms with van der Waals surface area (Å²) in [6.07, 6.45) is -0.0201. The number of guanidine groups is 2. The van der Waals surface area contributed by atoms with E-state index in [2.05, 4.69) is 26.7 Å². The second kappa shape index (κ2) is 4.31. The van der Waals surface area contributed by atoms with Crippen LogP contribution in [0.3, 0.4) is 0 Å². The molecule has 6 heteroatoms. The largest absolute Gasteiger partial charge is 0.370 e. The van der Waals surface area contributed by atoms with Gasteiger partial charge in [0.05, 0.1) is 6.54 Å². The van der Waals surface area contributed by atoms with Crippen molar-refractivity contribution in [1.29, 1.82) is 0 Å². The summed E-state index contributed by atoms with van der Waals surface area (Å²) >= 11 is 1.69. The second-order valence-corrected chi connectivity index (χ2v) is 4.24. The van der Waals surface area contributed by atoms with Gasteiger partial charge < -0.3 is 11.1 Å². The van der Waals surface area contributed by atoms with Gasteiger partial charge in [-0.15, -0.1) is 11.3 Å². The first-order chi connectivity index (χ1) is 7.24. The summed E-state index contributed by atoms with van der Waals surface area (Å²) in [6.45, 7) is 2.58. The first kappa shape index (κ1) is 9.97. The quantitative estimate of drug-likeness (QED) is 0.681. The fourth-order valence-corrected chi connectivity index (χ4v) is 1.90. The van der Waals surface area contributed by atoms with Crippen LogP contribution in [0.15, 0.2) is 27.5 Å². The summed E-state index contributed by atoms with van der Waals surface area (Å²) in [4.78, 5) is 9.66. The Labute approximate surface area is 92.1 Å². The normalized spacial score (nSPS) is 23.1. The highest BCUT2D eigenvalue weighted by Crippen LogP contribution is 2.09. The summed E-state index contributed by atoms with van der Waals surface area (Å²) < 4.78 is 0. The van der Waals surface area contributed by atoms with Crippen LogP contribution < -0.4 is 16.4 Å². The molecule has 1 aliphatic rings. The standard InChI is InChI=1S/C9H13N5S/c1-6-12-8(10)14-9(13-6)11-5-7-3-2-4-15-7/h2-4,6H,5H2,1H3,(H4,10,11,12,13,14). The molecular formula is C9H13N5S. The van der Waals surface area contributed by atoms with Gasteiger partial charge in [0, 0.05) is 4.88 Å². The Kier molecular flexibility index (Phi) is 2.86. The molecule has 0 radical (unpaired) electrons. The van der Waals surface area contributed by atoms with Crippen LogP contribution in [0.1, 0.15) is 11.8 Å². The smallest absolute Gasteiger partial charge is 0.200 e. The number of nitrogens with one attached hydrogen (secondary N) is 2. The van der Waals surface area contributed by atoms with E-state index in [1.165, 1.54) is 4.88 Å². The Morgan fingerprint density at radius 2 is 2.53 bits per heavy atom. The van der Waals surface area contributed by atoms with Gasteiger partial charge in [0.15, 0.2) is 11.9 Å². The van der Waals surface area contributed by atoms with E-state index in [4.69, 9.17) is 5.73 Å². The number of nitrogens with zero attached hydrogens (tertiary/aromatic N) is 2. The molecule has 0 spiro atoms. The molecule has 1 aromatic rings. The predicted octanol–water partition coefficient (Wildman–Crippen LogP) is 0.458. The van der Waals surface area contributed by atoms with Crippen molar-refractivity contribution in [2.24, 2.45) is 15.7 Å². The summed E-state index contributed by atoms with van der Waals surface area (Å²) in [5.41, 5.74) is 5.59. The fourth-order valence-electron chi connectivity index (χ4n) is 1.27. The zero-order chi connectivity index (χ0) is 10.7. The molecule has 2 heterocycles. The molecule has 4 N–H and O–H groups in total. The molecule has 0 aromatic carbocycles. The predicted molar refractivity (Wildman–Crippen MR) is 62.8 cm³/mol. The molecule has 0 fully saturated rings. The van der Waals surface area contributed by atoms with Gasteiger partial charge in [-0.2, -0.15) is 0 Å². The summed E-state index contributed by atoms with van der Waals surface area (Å²) in [5, 5.41) is 8.00. The van der Waals surface area contributed by atoms with Crippen LogP contribution in [0.4, 0.5) is 0 Å². The maximum Gasteiger partial charge on any atom is 0.200 e. The molecule has 1 unspecified atom stereocenters. The highest BCUT2D eigenvalue weighted by atomic mass is 32.1. The van der Waals surface area contributed by atoms with E-state index >= 15 is 0 Å². The highest BCUT2D eigenvalue weighted by molar-refractivity contribution is 7.09. The SMILES string of the molecule is CC1N=C(N)NC(=NCc2cccs2)N1. The van der Waals surface area contributed by atoms with Crippen molar-refractivity contribution in [3.05, 3.63) is 22.4 Å². The average molecular weight is 223 g/mol. The van der Waals surface area contributed by atoms with Gasteiger partial charge in [-0.1, -0.05) is 6.07 Å². The lowest BCUT2D eigenvalue weighted by Gasteiger charge is -2.20. The highest BCUT2D eigenvalue weighted by Gasteiger charge is 2.11. The van der Waals surface area contributed by atoms with Gasteiger partial charge in [0.25, 0.3) is 0 Å². The maximum atomic E-state index is 5.59. The van der Waals surface area contributed by atoms with E-state index in [1.54, 1.807) is 11.3 Å². The Morgan fingerprint density at radius 3 is 3.20 bits per heavy atom. The minimum absolute atomic E-state index is 0.0201. The monoisotopic (exact) mass is 223 g/mol. The molecule has 2 rings (SSSR count). The maximum absolute atomic E-state index is 5.59. The average Bonchev–Trinajstić information content (AvgIpc) is 2.65. The van der Waals surface area contributed by atoms with Gasteiger partial charge in [-0.05, 0) is 18.4 Å². The van der Waals surface area contributed by atoms with E-state index in [0.717, 1.165) is 0 Å². The number of nitrogens with two attached hydrogens (primary N) is 1. The Morgan fingerprint density at radius 1 is 1.67 bits per heavy atom. The molecule has 1 atom stereocenters. The Balaban J connectivity index is 2.00. The zero-order valence-corrected chi connectivity index (χ0v) is 9.21. The summed E-state index contributed by atoms with van der Waals surface area (Å²) in [7, 11) is 0. The minimum Gasteiger partial charge on any atom is -0.370 e. The van der Waals surface area contributed by atoms with Crippen molar-refractivity contribution >= 4 is 23.3 Å². The van der Waals surface area contributed by atoms with Gasteiger partial charge in [0.2, 0.25) is 0 Å². The van der Waals surface area contributed by atoms with Crippen LogP contribution in [0.5, 0.6) is 0 Å². The lowest BCUT2D eigenvalue weighted by Crippen LogP contribution is -2.52. The van der Waals surface area contributed by atoms with Crippen molar-refractivity contribution in [2.75, 3.05) is 0 Å². The van der Waals surface area contributed by atoms with Crippen LogP contribution in [0.2, 0.25) is 0 Å². The molecular weight excluding hydrogens is 210 g/mol. The van der Waals surface area contributed by atoms with Crippen LogP contribution in [0.25, 0.3) is 0 Å².